The van der Waals surface area contributed by atoms with Crippen LogP contribution in [0, 0.1) is 0 Å². The summed E-state index contributed by atoms with van der Waals surface area (Å²) in [6.45, 7) is -0.477. The molecule has 2 amide bonds. The van der Waals surface area contributed by atoms with Crippen molar-refractivity contribution in [3.63, 3.8) is 0 Å². The Morgan fingerprint density at radius 1 is 1.00 bits per heavy atom. The minimum atomic E-state index is -0.664. The number of hydrogen-bond donors (Lipinski definition) is 2. The molecule has 0 heterocycles. The van der Waals surface area contributed by atoms with E-state index in [-0.39, 0.29) is 17.5 Å². The first-order valence-corrected chi connectivity index (χ1v) is 8.58. The van der Waals surface area contributed by atoms with Crippen molar-refractivity contribution in [3.8, 4) is 5.75 Å². The zero-order valence-corrected chi connectivity index (χ0v) is 14.9. The van der Waals surface area contributed by atoms with E-state index in [0.29, 0.717) is 17.0 Å². The third kappa shape index (κ3) is 4.84. The highest BCUT2D eigenvalue weighted by molar-refractivity contribution is 6.04. The van der Waals surface area contributed by atoms with Crippen molar-refractivity contribution in [2.75, 3.05) is 19.0 Å². The minimum Gasteiger partial charge on any atom is -0.496 e. The summed E-state index contributed by atoms with van der Waals surface area (Å²) in [4.78, 5) is 36.6. The molecule has 0 saturated heterocycles. The molecule has 3 rings (SSSR count). The number of benzene rings is 2. The monoisotopic (exact) mass is 368 g/mol. The molecule has 2 aromatic rings. The predicted molar refractivity (Wildman–Crippen MR) is 98.8 cm³/mol. The maximum Gasteiger partial charge on any atom is 0.342 e. The molecular formula is C20H20N2O5. The summed E-state index contributed by atoms with van der Waals surface area (Å²) in [6.07, 6.45) is 1.94. The van der Waals surface area contributed by atoms with Crippen molar-refractivity contribution in [3.05, 3.63) is 59.7 Å². The van der Waals surface area contributed by atoms with E-state index in [1.54, 1.807) is 48.5 Å². The Balaban J connectivity index is 1.59. The van der Waals surface area contributed by atoms with Crippen LogP contribution in [0.1, 0.15) is 33.6 Å². The first-order valence-electron chi connectivity index (χ1n) is 8.58. The molecule has 1 fully saturated rings. The van der Waals surface area contributed by atoms with Crippen molar-refractivity contribution >= 4 is 23.5 Å². The van der Waals surface area contributed by atoms with Gasteiger partial charge in [0.25, 0.3) is 11.8 Å². The first-order chi connectivity index (χ1) is 13.1. The average molecular weight is 368 g/mol. The Morgan fingerprint density at radius 3 is 2.37 bits per heavy atom. The van der Waals surface area contributed by atoms with E-state index in [2.05, 4.69) is 10.6 Å². The van der Waals surface area contributed by atoms with E-state index in [1.165, 1.54) is 7.11 Å². The van der Waals surface area contributed by atoms with Crippen molar-refractivity contribution in [2.24, 2.45) is 0 Å². The molecule has 1 aliphatic carbocycles. The zero-order chi connectivity index (χ0) is 19.2. The second kappa shape index (κ2) is 8.35. The van der Waals surface area contributed by atoms with Crippen molar-refractivity contribution < 1.29 is 23.9 Å². The Bertz CT molecular complexity index is 861. The highest BCUT2D eigenvalue weighted by Gasteiger charge is 2.25. The summed E-state index contributed by atoms with van der Waals surface area (Å²) in [6, 6.07) is 13.5. The van der Waals surface area contributed by atoms with Crippen LogP contribution in [-0.2, 0) is 9.53 Å². The lowest BCUT2D eigenvalue weighted by Crippen LogP contribution is -2.28. The van der Waals surface area contributed by atoms with Crippen LogP contribution in [0.25, 0.3) is 0 Å². The summed E-state index contributed by atoms with van der Waals surface area (Å²) in [5.41, 5.74) is 0.972. The molecule has 7 nitrogen and oxygen atoms in total. The highest BCUT2D eigenvalue weighted by Crippen LogP contribution is 2.22. The molecule has 7 heteroatoms. The molecule has 0 spiro atoms. The van der Waals surface area contributed by atoms with Crippen LogP contribution >= 0.6 is 0 Å². The second-order valence-electron chi connectivity index (χ2n) is 6.12. The van der Waals surface area contributed by atoms with Gasteiger partial charge in [0.15, 0.2) is 6.61 Å². The third-order valence-electron chi connectivity index (χ3n) is 4.02. The van der Waals surface area contributed by atoms with Gasteiger partial charge in [-0.15, -0.1) is 0 Å². The quantitative estimate of drug-likeness (QED) is 0.732. The summed E-state index contributed by atoms with van der Waals surface area (Å²) in [5.74, 6) is -1.07. The summed E-state index contributed by atoms with van der Waals surface area (Å²) >= 11 is 0. The summed E-state index contributed by atoms with van der Waals surface area (Å²) in [7, 11) is 1.45. The summed E-state index contributed by atoms with van der Waals surface area (Å²) < 4.78 is 10.1. The molecular weight excluding hydrogens is 348 g/mol. The lowest BCUT2D eigenvalue weighted by molar-refractivity contribution is -0.119. The number of methoxy groups -OCH3 is 1. The molecule has 0 radical (unpaired) electrons. The van der Waals surface area contributed by atoms with Crippen molar-refractivity contribution in [1.82, 2.24) is 5.32 Å². The number of amides is 2. The molecule has 0 bridgehead atoms. The van der Waals surface area contributed by atoms with E-state index in [9.17, 15) is 14.4 Å². The summed E-state index contributed by atoms with van der Waals surface area (Å²) in [5, 5.41) is 5.49. The number of para-hydroxylation sites is 2. The Labute approximate surface area is 156 Å². The molecule has 1 saturated carbocycles. The molecule has 2 aromatic carbocycles. The zero-order valence-electron chi connectivity index (χ0n) is 14.9. The van der Waals surface area contributed by atoms with Crippen LogP contribution in [0.2, 0.25) is 0 Å². The van der Waals surface area contributed by atoms with Crippen LogP contribution in [0.4, 0.5) is 5.69 Å². The molecule has 140 valence electrons. The number of carbonyl (C=O) groups is 3. The van der Waals surface area contributed by atoms with Gasteiger partial charge >= 0.3 is 5.97 Å². The SMILES string of the molecule is COc1ccccc1C(=O)OCC(=O)Nc1ccccc1C(=O)NC1CC1. The number of ether oxygens (including phenoxy) is 2. The number of esters is 1. The number of carbonyl (C=O) groups excluding carboxylic acids is 3. The lowest BCUT2D eigenvalue weighted by atomic mass is 10.1. The lowest BCUT2D eigenvalue weighted by Gasteiger charge is -2.12. The molecule has 0 atom stereocenters. The smallest absolute Gasteiger partial charge is 0.342 e. The normalized spacial score (nSPS) is 12.8. The molecule has 0 aliphatic heterocycles. The number of hydrogen-bond acceptors (Lipinski definition) is 5. The van der Waals surface area contributed by atoms with E-state index in [4.69, 9.17) is 9.47 Å². The molecule has 0 unspecified atom stereocenters. The van der Waals surface area contributed by atoms with Gasteiger partial charge in [-0.2, -0.15) is 0 Å². The predicted octanol–water partition coefficient (Wildman–Crippen LogP) is 2.38. The number of rotatable bonds is 7. The fourth-order valence-corrected chi connectivity index (χ4v) is 2.49. The van der Waals surface area contributed by atoms with E-state index >= 15 is 0 Å². The van der Waals surface area contributed by atoms with E-state index in [0.717, 1.165) is 12.8 Å². The molecule has 0 aromatic heterocycles. The van der Waals surface area contributed by atoms with Crippen LogP contribution in [0.5, 0.6) is 5.75 Å². The first kappa shape index (κ1) is 18.4. The Hall–Kier alpha value is -3.35. The van der Waals surface area contributed by atoms with Crippen molar-refractivity contribution in [1.29, 1.82) is 0 Å². The fraction of sp³-hybridized carbons (Fsp3) is 0.250. The van der Waals surface area contributed by atoms with Gasteiger partial charge in [0.1, 0.15) is 11.3 Å². The fourth-order valence-electron chi connectivity index (χ4n) is 2.49. The largest absolute Gasteiger partial charge is 0.496 e. The molecule has 27 heavy (non-hydrogen) atoms. The van der Waals surface area contributed by atoms with Crippen LogP contribution < -0.4 is 15.4 Å². The van der Waals surface area contributed by atoms with Crippen LogP contribution in [0.3, 0.4) is 0 Å². The van der Waals surface area contributed by atoms with Gasteiger partial charge in [-0.05, 0) is 37.1 Å². The minimum absolute atomic E-state index is 0.211. The molecule has 2 N–H and O–H groups in total. The van der Waals surface area contributed by atoms with E-state index < -0.39 is 18.5 Å². The van der Waals surface area contributed by atoms with Gasteiger partial charge in [0.2, 0.25) is 0 Å². The van der Waals surface area contributed by atoms with E-state index in [1.807, 2.05) is 0 Å². The standard InChI is InChI=1S/C20H20N2O5/c1-26-17-9-5-3-7-15(17)20(25)27-12-18(23)22-16-8-4-2-6-14(16)19(24)21-13-10-11-13/h2-9,13H,10-12H2,1H3,(H,21,24)(H,22,23). The van der Waals surface area contributed by atoms with Crippen LogP contribution in [0.15, 0.2) is 48.5 Å². The van der Waals surface area contributed by atoms with Gasteiger partial charge < -0.3 is 20.1 Å². The Kier molecular flexibility index (Phi) is 5.71. The van der Waals surface area contributed by atoms with Gasteiger partial charge in [0, 0.05) is 6.04 Å². The topological polar surface area (TPSA) is 93.7 Å². The number of nitrogens with one attached hydrogen (secondary N) is 2. The van der Waals surface area contributed by atoms with Gasteiger partial charge in [-0.25, -0.2) is 4.79 Å². The van der Waals surface area contributed by atoms with Gasteiger partial charge in [0.05, 0.1) is 18.4 Å². The Morgan fingerprint density at radius 2 is 1.67 bits per heavy atom. The van der Waals surface area contributed by atoms with Gasteiger partial charge in [-0.1, -0.05) is 24.3 Å². The maximum absolute atomic E-state index is 12.3. The average Bonchev–Trinajstić information content (AvgIpc) is 3.50. The van der Waals surface area contributed by atoms with Crippen LogP contribution in [-0.4, -0.2) is 37.5 Å². The second-order valence-corrected chi connectivity index (χ2v) is 6.12. The van der Waals surface area contributed by atoms with Crippen molar-refractivity contribution in [2.45, 2.75) is 18.9 Å². The number of anilines is 1. The van der Waals surface area contributed by atoms with Gasteiger partial charge in [-0.3, -0.25) is 9.59 Å². The maximum atomic E-state index is 12.3. The third-order valence-corrected chi connectivity index (χ3v) is 4.02. The highest BCUT2D eigenvalue weighted by atomic mass is 16.5. The molecule has 1 aliphatic rings.